The summed E-state index contributed by atoms with van der Waals surface area (Å²) in [5, 5.41) is 4.41. The molecule has 0 aromatic heterocycles. The molecule has 0 fully saturated rings. The van der Waals surface area contributed by atoms with Crippen molar-refractivity contribution < 1.29 is 22.3 Å². The summed E-state index contributed by atoms with van der Waals surface area (Å²) in [6, 6.07) is 24.7. The molecule has 1 amide bonds. The van der Waals surface area contributed by atoms with Gasteiger partial charge in [-0.25, -0.2) is 12.8 Å². The van der Waals surface area contributed by atoms with Gasteiger partial charge in [0.2, 0.25) is 5.91 Å². The maximum Gasteiger partial charge on any atom is 0.264 e. The van der Waals surface area contributed by atoms with Crippen molar-refractivity contribution in [2.75, 3.05) is 24.0 Å². The molecule has 0 spiro atoms. The summed E-state index contributed by atoms with van der Waals surface area (Å²) in [5.41, 5.74) is 0.0717. The molecular weight excluding hydrogens is 491 g/mol. The van der Waals surface area contributed by atoms with Crippen LogP contribution in [0.25, 0.3) is 10.8 Å². The van der Waals surface area contributed by atoms with Crippen LogP contribution >= 0.6 is 11.6 Å². The first-order chi connectivity index (χ1) is 16.9. The second-order valence-electron chi connectivity index (χ2n) is 7.60. The van der Waals surface area contributed by atoms with E-state index in [0.29, 0.717) is 5.75 Å². The molecular formula is C26H22ClFN2O4S. The van der Waals surface area contributed by atoms with Crippen molar-refractivity contribution in [1.29, 1.82) is 0 Å². The minimum Gasteiger partial charge on any atom is -0.491 e. The largest absolute Gasteiger partial charge is 0.491 e. The molecule has 0 aliphatic rings. The van der Waals surface area contributed by atoms with E-state index in [-0.39, 0.29) is 28.8 Å². The van der Waals surface area contributed by atoms with E-state index in [4.69, 9.17) is 16.3 Å². The van der Waals surface area contributed by atoms with E-state index in [1.807, 2.05) is 42.5 Å². The summed E-state index contributed by atoms with van der Waals surface area (Å²) in [7, 11) is -4.12. The Hall–Kier alpha value is -3.62. The summed E-state index contributed by atoms with van der Waals surface area (Å²) in [5.74, 6) is -0.555. The Morgan fingerprint density at radius 1 is 0.943 bits per heavy atom. The quantitative estimate of drug-likeness (QED) is 0.319. The van der Waals surface area contributed by atoms with Crippen LogP contribution in [-0.2, 0) is 14.8 Å². The second kappa shape index (κ2) is 10.8. The Morgan fingerprint density at radius 3 is 2.43 bits per heavy atom. The lowest BCUT2D eigenvalue weighted by molar-refractivity contribution is -0.119. The average molecular weight is 513 g/mol. The number of benzene rings is 4. The molecule has 1 N–H and O–H groups in total. The lowest BCUT2D eigenvalue weighted by Crippen LogP contribution is -2.42. The smallest absolute Gasteiger partial charge is 0.264 e. The molecule has 6 nitrogen and oxygen atoms in total. The number of fused-ring (bicyclic) bond motifs is 1. The molecule has 4 rings (SSSR count). The number of carbonyl (C=O) groups is 1. The van der Waals surface area contributed by atoms with Crippen molar-refractivity contribution in [3.05, 3.63) is 102 Å². The Bertz CT molecular complexity index is 1440. The minimum absolute atomic E-state index is 0.00691. The number of amides is 1. The van der Waals surface area contributed by atoms with Gasteiger partial charge in [-0.05, 0) is 41.8 Å². The number of rotatable bonds is 9. The van der Waals surface area contributed by atoms with Gasteiger partial charge in [0.05, 0.1) is 22.2 Å². The fourth-order valence-electron chi connectivity index (χ4n) is 3.53. The zero-order valence-electron chi connectivity index (χ0n) is 18.5. The van der Waals surface area contributed by atoms with E-state index >= 15 is 0 Å². The number of halogens is 2. The van der Waals surface area contributed by atoms with Crippen molar-refractivity contribution in [2.45, 2.75) is 4.90 Å². The molecule has 0 saturated heterocycles. The maximum absolute atomic E-state index is 13.7. The summed E-state index contributed by atoms with van der Waals surface area (Å²) in [6.45, 7) is -0.174. The number of hydrogen-bond acceptors (Lipinski definition) is 4. The number of ether oxygens (including phenoxy) is 1. The SMILES string of the molecule is O=C(CN(c1ccc(F)c(Cl)c1)S(=O)(=O)c1ccccc1)NCCOc1cccc2ccccc12. The molecule has 0 atom stereocenters. The van der Waals surface area contributed by atoms with E-state index in [2.05, 4.69) is 5.32 Å². The van der Waals surface area contributed by atoms with Crippen LogP contribution in [0.4, 0.5) is 10.1 Å². The van der Waals surface area contributed by atoms with Gasteiger partial charge in [-0.15, -0.1) is 0 Å². The van der Waals surface area contributed by atoms with Crippen LogP contribution < -0.4 is 14.4 Å². The molecule has 4 aromatic rings. The zero-order valence-corrected chi connectivity index (χ0v) is 20.1. The monoisotopic (exact) mass is 512 g/mol. The van der Waals surface area contributed by atoms with Crippen molar-refractivity contribution in [3.8, 4) is 5.75 Å². The molecule has 4 aromatic carbocycles. The Morgan fingerprint density at radius 2 is 1.66 bits per heavy atom. The summed E-state index contributed by atoms with van der Waals surface area (Å²) in [6.07, 6.45) is 0. The average Bonchev–Trinajstić information content (AvgIpc) is 2.87. The standard InChI is InChI=1S/C26H22ClFN2O4S/c27-23-17-20(13-14-24(23)28)30(35(32,33)21-9-2-1-3-10-21)18-26(31)29-15-16-34-25-12-6-8-19-7-4-5-11-22(19)25/h1-14,17H,15-16,18H2,(H,29,31). The van der Waals surface area contributed by atoms with Crippen molar-refractivity contribution in [2.24, 2.45) is 0 Å². The molecule has 0 radical (unpaired) electrons. The van der Waals surface area contributed by atoms with Crippen LogP contribution in [0.1, 0.15) is 0 Å². The van der Waals surface area contributed by atoms with Crippen LogP contribution in [0.2, 0.25) is 5.02 Å². The van der Waals surface area contributed by atoms with Gasteiger partial charge in [-0.3, -0.25) is 9.10 Å². The lowest BCUT2D eigenvalue weighted by Gasteiger charge is -2.24. The molecule has 0 heterocycles. The van der Waals surface area contributed by atoms with Gasteiger partial charge in [0, 0.05) is 5.39 Å². The molecule has 180 valence electrons. The second-order valence-corrected chi connectivity index (χ2v) is 9.87. The van der Waals surface area contributed by atoms with Crippen LogP contribution in [-0.4, -0.2) is 34.0 Å². The van der Waals surface area contributed by atoms with Gasteiger partial charge < -0.3 is 10.1 Å². The van der Waals surface area contributed by atoms with Crippen LogP contribution in [0.15, 0.2) is 95.9 Å². The molecule has 0 unspecified atom stereocenters. The van der Waals surface area contributed by atoms with E-state index in [1.54, 1.807) is 18.2 Å². The van der Waals surface area contributed by atoms with Gasteiger partial charge in [-0.2, -0.15) is 0 Å². The summed E-state index contributed by atoms with van der Waals surface area (Å²) < 4.78 is 47.0. The number of nitrogens with zero attached hydrogens (tertiary/aromatic N) is 1. The third-order valence-electron chi connectivity index (χ3n) is 5.24. The van der Waals surface area contributed by atoms with Gasteiger partial charge >= 0.3 is 0 Å². The number of sulfonamides is 1. The van der Waals surface area contributed by atoms with Crippen LogP contribution in [0, 0.1) is 5.82 Å². The molecule has 0 bridgehead atoms. The Labute approximate surface area is 208 Å². The van der Waals surface area contributed by atoms with Crippen molar-refractivity contribution in [3.63, 3.8) is 0 Å². The van der Waals surface area contributed by atoms with Crippen molar-refractivity contribution >= 4 is 44.0 Å². The van der Waals surface area contributed by atoms with E-state index < -0.39 is 28.3 Å². The first-order valence-electron chi connectivity index (χ1n) is 10.8. The predicted molar refractivity (Wildman–Crippen MR) is 135 cm³/mol. The van der Waals surface area contributed by atoms with Gasteiger partial charge in [0.15, 0.2) is 0 Å². The number of hydrogen-bond donors (Lipinski definition) is 1. The molecule has 35 heavy (non-hydrogen) atoms. The van der Waals surface area contributed by atoms with E-state index in [0.717, 1.165) is 21.1 Å². The normalized spacial score (nSPS) is 11.3. The highest BCUT2D eigenvalue weighted by Gasteiger charge is 2.27. The molecule has 0 aliphatic heterocycles. The number of nitrogens with one attached hydrogen (secondary N) is 1. The van der Waals surface area contributed by atoms with Gasteiger partial charge in [-0.1, -0.05) is 66.2 Å². The maximum atomic E-state index is 13.7. The zero-order chi connectivity index (χ0) is 24.8. The highest BCUT2D eigenvalue weighted by molar-refractivity contribution is 7.92. The van der Waals surface area contributed by atoms with Crippen LogP contribution in [0.5, 0.6) is 5.75 Å². The summed E-state index contributed by atoms with van der Waals surface area (Å²) >= 11 is 5.88. The first-order valence-corrected chi connectivity index (χ1v) is 12.6. The molecule has 0 aliphatic carbocycles. The highest BCUT2D eigenvalue weighted by atomic mass is 35.5. The predicted octanol–water partition coefficient (Wildman–Crippen LogP) is 5.02. The Balaban J connectivity index is 1.45. The van der Waals surface area contributed by atoms with E-state index in [1.165, 1.54) is 24.3 Å². The number of carbonyl (C=O) groups excluding carboxylic acids is 1. The first kappa shape index (κ1) is 24.5. The van der Waals surface area contributed by atoms with E-state index in [9.17, 15) is 17.6 Å². The third-order valence-corrected chi connectivity index (χ3v) is 7.32. The van der Waals surface area contributed by atoms with Gasteiger partial charge in [0.25, 0.3) is 10.0 Å². The molecule has 9 heteroatoms. The summed E-state index contributed by atoms with van der Waals surface area (Å²) in [4.78, 5) is 12.7. The number of anilines is 1. The fourth-order valence-corrected chi connectivity index (χ4v) is 5.14. The lowest BCUT2D eigenvalue weighted by atomic mass is 10.1. The minimum atomic E-state index is -4.12. The topological polar surface area (TPSA) is 75.7 Å². The van der Waals surface area contributed by atoms with Gasteiger partial charge in [0.1, 0.15) is 24.7 Å². The molecule has 0 saturated carbocycles. The van der Waals surface area contributed by atoms with Crippen molar-refractivity contribution in [1.82, 2.24) is 5.32 Å². The fraction of sp³-hybridized carbons (Fsp3) is 0.115. The Kier molecular flexibility index (Phi) is 7.53. The third kappa shape index (κ3) is 5.72. The highest BCUT2D eigenvalue weighted by Crippen LogP contribution is 2.28. The van der Waals surface area contributed by atoms with Crippen LogP contribution in [0.3, 0.4) is 0 Å².